The second-order valence-electron chi connectivity index (χ2n) is 8.23. The first-order valence-corrected chi connectivity index (χ1v) is 11.3. The molecule has 0 radical (unpaired) electrons. The van der Waals surface area contributed by atoms with Crippen LogP contribution in [0.4, 0.5) is 26.3 Å². The van der Waals surface area contributed by atoms with Crippen LogP contribution in [-0.2, 0) is 33.2 Å². The minimum Gasteiger partial charge on any atom is -0.349 e. The first kappa shape index (κ1) is 31.0. The van der Waals surface area contributed by atoms with Gasteiger partial charge in [-0.05, 0) is 48.8 Å². The van der Waals surface area contributed by atoms with Gasteiger partial charge in [0.15, 0.2) is 12.6 Å². The van der Waals surface area contributed by atoms with Crippen LogP contribution < -0.4 is 11.1 Å². The molecule has 6 nitrogen and oxygen atoms in total. The van der Waals surface area contributed by atoms with E-state index in [0.717, 1.165) is 6.29 Å². The number of carbonyl (C=O) groups is 1. The van der Waals surface area contributed by atoms with Gasteiger partial charge in [-0.15, -0.1) is 12.4 Å². The largest absolute Gasteiger partial charge is 0.416 e. The molecule has 2 aromatic rings. The van der Waals surface area contributed by atoms with Crippen molar-refractivity contribution < 1.29 is 40.6 Å². The van der Waals surface area contributed by atoms with E-state index in [2.05, 4.69) is 5.32 Å². The number of rotatable bonds is 10. The lowest BCUT2D eigenvalue weighted by atomic mass is 10.0. The first-order valence-electron chi connectivity index (χ1n) is 11.3. The molecule has 206 valence electrons. The Morgan fingerprint density at radius 2 is 1.70 bits per heavy atom. The number of alkyl halides is 6. The number of nitrogens with two attached hydrogens (primary N) is 1. The standard InChI is InChI=1S/C24H27F6N3O3.ClH/c25-23(26,27)18-11-16(12-19(13-18)24(28,29)30)15-36-22-21(17-5-2-1-3-6-17)33(9-10-35-22)20(14-34)32-8-4-7-31;/h1-3,5-6,11-14,20-22,32H,4,7-10,15,31H2;1H. The highest BCUT2D eigenvalue weighted by molar-refractivity contribution is 5.85. The van der Waals surface area contributed by atoms with E-state index in [1.165, 1.54) is 0 Å². The number of halogens is 7. The van der Waals surface area contributed by atoms with Crippen LogP contribution >= 0.6 is 12.4 Å². The van der Waals surface area contributed by atoms with Crippen molar-refractivity contribution in [3.63, 3.8) is 0 Å². The average molecular weight is 556 g/mol. The molecule has 0 saturated carbocycles. The summed E-state index contributed by atoms with van der Waals surface area (Å²) in [4.78, 5) is 13.7. The predicted octanol–water partition coefficient (Wildman–Crippen LogP) is 4.53. The summed E-state index contributed by atoms with van der Waals surface area (Å²) < 4.78 is 90.9. The van der Waals surface area contributed by atoms with E-state index < -0.39 is 48.6 Å². The molecule has 1 aliphatic rings. The van der Waals surface area contributed by atoms with Gasteiger partial charge in [0, 0.05) is 6.54 Å². The van der Waals surface area contributed by atoms with Crippen LogP contribution in [0.5, 0.6) is 0 Å². The van der Waals surface area contributed by atoms with Gasteiger partial charge in [0.1, 0.15) is 6.17 Å². The van der Waals surface area contributed by atoms with Crippen LogP contribution in [0.2, 0.25) is 0 Å². The van der Waals surface area contributed by atoms with E-state index in [1.807, 2.05) is 0 Å². The summed E-state index contributed by atoms with van der Waals surface area (Å²) in [7, 11) is 0. The van der Waals surface area contributed by atoms with Crippen LogP contribution in [-0.4, -0.2) is 49.9 Å². The molecule has 3 N–H and O–H groups in total. The molecule has 0 aliphatic carbocycles. The molecule has 1 saturated heterocycles. The van der Waals surface area contributed by atoms with Crippen LogP contribution in [0.1, 0.15) is 34.7 Å². The lowest BCUT2D eigenvalue weighted by molar-refractivity contribution is -0.222. The van der Waals surface area contributed by atoms with Gasteiger partial charge < -0.3 is 20.0 Å². The van der Waals surface area contributed by atoms with Gasteiger partial charge in [-0.3, -0.25) is 10.2 Å². The number of carbonyl (C=O) groups excluding carboxylic acids is 1. The third kappa shape index (κ3) is 8.39. The molecule has 13 heteroatoms. The molecule has 3 rings (SSSR count). The fourth-order valence-electron chi connectivity index (χ4n) is 3.99. The SMILES string of the molecule is Cl.NCCCNC(C=O)N1CCOC(OCc2cc(C(F)(F)F)cc(C(F)(F)F)c2)C1c1ccccc1. The van der Waals surface area contributed by atoms with Crippen LogP contribution in [0, 0.1) is 0 Å². The smallest absolute Gasteiger partial charge is 0.349 e. The van der Waals surface area contributed by atoms with Gasteiger partial charge in [0.2, 0.25) is 0 Å². The fraction of sp³-hybridized carbons (Fsp3) is 0.458. The quantitative estimate of drug-likeness (QED) is 0.255. The van der Waals surface area contributed by atoms with Crippen molar-refractivity contribution in [2.45, 2.75) is 43.9 Å². The van der Waals surface area contributed by atoms with Crippen LogP contribution in [0.25, 0.3) is 0 Å². The van der Waals surface area contributed by atoms with Crippen molar-refractivity contribution in [2.24, 2.45) is 5.73 Å². The molecule has 37 heavy (non-hydrogen) atoms. The highest BCUT2D eigenvalue weighted by Crippen LogP contribution is 2.37. The van der Waals surface area contributed by atoms with E-state index in [0.29, 0.717) is 43.8 Å². The Kier molecular flexibility index (Phi) is 11.3. The third-order valence-electron chi connectivity index (χ3n) is 5.67. The second kappa shape index (κ2) is 13.5. The van der Waals surface area contributed by atoms with Crippen molar-refractivity contribution in [3.05, 3.63) is 70.8 Å². The third-order valence-corrected chi connectivity index (χ3v) is 5.67. The summed E-state index contributed by atoms with van der Waals surface area (Å²) in [6.45, 7) is 0.788. The zero-order chi connectivity index (χ0) is 26.3. The van der Waals surface area contributed by atoms with Crippen LogP contribution in [0.15, 0.2) is 48.5 Å². The maximum Gasteiger partial charge on any atom is 0.416 e. The van der Waals surface area contributed by atoms with Crippen molar-refractivity contribution in [1.82, 2.24) is 10.2 Å². The molecule has 0 amide bonds. The summed E-state index contributed by atoms with van der Waals surface area (Å²) >= 11 is 0. The van der Waals surface area contributed by atoms with E-state index in [-0.39, 0.29) is 30.6 Å². The van der Waals surface area contributed by atoms with E-state index in [1.54, 1.807) is 35.2 Å². The number of ether oxygens (including phenoxy) is 2. The summed E-state index contributed by atoms with van der Waals surface area (Å²) in [6.07, 6.45) is -10.4. The van der Waals surface area contributed by atoms with Gasteiger partial charge >= 0.3 is 12.4 Å². The Hall–Kier alpha value is -2.22. The van der Waals surface area contributed by atoms with Gasteiger partial charge in [-0.1, -0.05) is 30.3 Å². The van der Waals surface area contributed by atoms with Crippen molar-refractivity contribution >= 4 is 18.7 Å². The minimum absolute atomic E-state index is 0. The number of nitrogens with zero attached hydrogens (tertiary/aromatic N) is 1. The summed E-state index contributed by atoms with van der Waals surface area (Å²) in [5.74, 6) is 0. The van der Waals surface area contributed by atoms with Gasteiger partial charge in [0.25, 0.3) is 0 Å². The zero-order valence-corrected chi connectivity index (χ0v) is 20.4. The molecular weight excluding hydrogens is 528 g/mol. The summed E-state index contributed by atoms with van der Waals surface area (Å²) in [6, 6.07) is 9.51. The Balaban J connectivity index is 0.00000481. The molecule has 2 aromatic carbocycles. The van der Waals surface area contributed by atoms with Crippen molar-refractivity contribution in [1.29, 1.82) is 0 Å². The van der Waals surface area contributed by atoms with Crippen molar-refractivity contribution in [3.8, 4) is 0 Å². The topological polar surface area (TPSA) is 76.8 Å². The molecular formula is C24H28ClF6N3O3. The normalized spacial score (nSPS) is 19.8. The second-order valence-corrected chi connectivity index (χ2v) is 8.23. The molecule has 3 unspecified atom stereocenters. The average Bonchev–Trinajstić information content (AvgIpc) is 2.84. The van der Waals surface area contributed by atoms with E-state index in [9.17, 15) is 31.1 Å². The molecule has 3 atom stereocenters. The Morgan fingerprint density at radius 1 is 1.08 bits per heavy atom. The number of hydrogen-bond donors (Lipinski definition) is 2. The van der Waals surface area contributed by atoms with E-state index in [4.69, 9.17) is 15.2 Å². The lowest BCUT2D eigenvalue weighted by Gasteiger charge is -2.43. The molecule has 0 spiro atoms. The number of aldehydes is 1. The van der Waals surface area contributed by atoms with Gasteiger partial charge in [-0.2, -0.15) is 26.3 Å². The predicted molar refractivity (Wildman–Crippen MR) is 126 cm³/mol. The zero-order valence-electron chi connectivity index (χ0n) is 19.6. The summed E-state index contributed by atoms with van der Waals surface area (Å²) in [5.41, 5.74) is 3.07. The Labute approximate surface area is 216 Å². The summed E-state index contributed by atoms with van der Waals surface area (Å²) in [5, 5.41) is 3.10. The monoisotopic (exact) mass is 555 g/mol. The lowest BCUT2D eigenvalue weighted by Crippen LogP contribution is -2.56. The van der Waals surface area contributed by atoms with Crippen molar-refractivity contribution in [2.75, 3.05) is 26.2 Å². The van der Waals surface area contributed by atoms with Crippen LogP contribution in [0.3, 0.4) is 0 Å². The maximum absolute atomic E-state index is 13.2. The highest BCUT2D eigenvalue weighted by atomic mass is 35.5. The fourth-order valence-corrected chi connectivity index (χ4v) is 3.99. The molecule has 0 aromatic heterocycles. The number of hydrogen-bond acceptors (Lipinski definition) is 6. The molecule has 0 bridgehead atoms. The minimum atomic E-state index is -4.97. The first-order chi connectivity index (χ1) is 17.0. The molecule has 1 aliphatic heterocycles. The number of morpholine rings is 1. The number of nitrogens with one attached hydrogen (secondary N) is 1. The number of benzene rings is 2. The Morgan fingerprint density at radius 3 is 2.24 bits per heavy atom. The Bertz CT molecular complexity index is 962. The maximum atomic E-state index is 13.2. The highest BCUT2D eigenvalue weighted by Gasteiger charge is 2.39. The molecule has 1 heterocycles. The molecule has 1 fully saturated rings. The van der Waals surface area contributed by atoms with Gasteiger partial charge in [0.05, 0.1) is 30.4 Å². The van der Waals surface area contributed by atoms with E-state index >= 15 is 0 Å². The van der Waals surface area contributed by atoms with Gasteiger partial charge in [-0.25, -0.2) is 0 Å².